The predicted molar refractivity (Wildman–Crippen MR) is 240 cm³/mol. The molecule has 4 heterocycles. The van der Waals surface area contributed by atoms with Gasteiger partial charge in [0.2, 0.25) is 11.8 Å². The Bertz CT molecular complexity index is 2560. The van der Waals surface area contributed by atoms with Gasteiger partial charge in [-0.15, -0.1) is 0 Å². The monoisotopic (exact) mass is 854 g/mol. The lowest BCUT2D eigenvalue weighted by atomic mass is 9.81. The summed E-state index contributed by atoms with van der Waals surface area (Å²) in [5.74, 6) is 1.97. The summed E-state index contributed by atoms with van der Waals surface area (Å²) in [5.41, 5.74) is 9.36. The van der Waals surface area contributed by atoms with E-state index < -0.39 is 24.3 Å². The third-order valence-corrected chi connectivity index (χ3v) is 14.0. The number of nitrogens with one attached hydrogen (secondary N) is 4. The Labute approximate surface area is 367 Å². The molecule has 14 heteroatoms. The number of carbonyl (C=O) groups is 4. The van der Waals surface area contributed by atoms with Crippen LogP contribution in [-0.2, 0) is 19.1 Å². The number of alkyl carbamates (subject to hydrolysis) is 2. The molecular formula is C49H58N8O6. The van der Waals surface area contributed by atoms with Gasteiger partial charge in [0.25, 0.3) is 0 Å². The van der Waals surface area contributed by atoms with Gasteiger partial charge < -0.3 is 39.9 Å². The van der Waals surface area contributed by atoms with Gasteiger partial charge in [-0.1, -0.05) is 76.2 Å². The summed E-state index contributed by atoms with van der Waals surface area (Å²) in [4.78, 5) is 72.6. The van der Waals surface area contributed by atoms with Crippen molar-refractivity contribution >= 4 is 34.8 Å². The molecule has 3 aromatic carbocycles. The van der Waals surface area contributed by atoms with Crippen LogP contribution < -0.4 is 10.6 Å². The summed E-state index contributed by atoms with van der Waals surface area (Å²) >= 11 is 0. The minimum Gasteiger partial charge on any atom is -0.453 e. The number of likely N-dealkylation sites (tertiary alicyclic amines) is 2. The fourth-order valence-corrected chi connectivity index (χ4v) is 10.9. The number of rotatable bonds is 11. The first-order valence-corrected chi connectivity index (χ1v) is 22.6. The zero-order chi connectivity index (χ0) is 44.1. The molecule has 2 aliphatic heterocycles. The maximum absolute atomic E-state index is 13.9. The average molecular weight is 855 g/mol. The van der Waals surface area contributed by atoms with E-state index in [4.69, 9.17) is 19.4 Å². The number of fused-ring (bicyclic) bond motifs is 6. The maximum atomic E-state index is 13.9. The Morgan fingerprint density at radius 2 is 1.06 bits per heavy atom. The minimum atomic E-state index is -0.700. The number of imidazole rings is 2. The molecule has 2 saturated heterocycles. The van der Waals surface area contributed by atoms with Crippen LogP contribution in [0.15, 0.2) is 60.9 Å². The van der Waals surface area contributed by atoms with E-state index in [9.17, 15) is 19.2 Å². The van der Waals surface area contributed by atoms with Gasteiger partial charge in [-0.25, -0.2) is 19.6 Å². The van der Waals surface area contributed by atoms with Crippen LogP contribution in [0.1, 0.15) is 119 Å². The number of methoxy groups -OCH3 is 2. The fraction of sp³-hybridized carbons (Fsp3) is 0.469. The molecule has 9 rings (SSSR count). The highest BCUT2D eigenvalue weighted by Gasteiger charge is 2.42. The molecule has 4 N–H and O–H groups in total. The number of carbonyl (C=O) groups excluding carboxylic acids is 4. The third kappa shape index (κ3) is 7.60. The first kappa shape index (κ1) is 42.1. The Kier molecular flexibility index (Phi) is 11.5. The van der Waals surface area contributed by atoms with E-state index in [1.807, 2.05) is 49.9 Å². The standard InChI is InChI=1S/C49H58N8O6/c1-26(2)42(54-48(60)62-5)46(58)56-21-9-13-38(56)44-50-24-36(52-44)33-18-17-32(30-11-7-8-12-31(30)33)34-19-20-35(41-29-16-15-28(23-29)40(34)41)37-25-51-45(53-37)39-14-10-22-57(39)47(59)43(27(3)4)55-49(61)63-6/h7-8,11-12,17-20,24-29,38-39,42-43H,9-10,13-16,21-23H2,1-6H3,(H,50,52)(H,51,53)(H,54,60)(H,55,61). The van der Waals surface area contributed by atoms with Crippen LogP contribution in [0.4, 0.5) is 9.59 Å². The SMILES string of the molecule is COC(=O)NC(C(=O)N1CCCC1c1ncc(-c2ccc(-c3ccc(-c4cnc(C5CCCN5C(=O)C(NC(=O)OC)C(C)C)[nH]4)c4ccccc34)c3c2C2CCC3C2)[nH]1)C(C)C. The summed E-state index contributed by atoms with van der Waals surface area (Å²) < 4.78 is 9.65. The highest BCUT2D eigenvalue weighted by atomic mass is 16.5. The van der Waals surface area contributed by atoms with E-state index in [-0.39, 0.29) is 35.7 Å². The minimum absolute atomic E-state index is 0.109. The van der Waals surface area contributed by atoms with Gasteiger partial charge in [0.05, 0.1) is 50.1 Å². The molecule has 330 valence electrons. The van der Waals surface area contributed by atoms with Crippen molar-refractivity contribution in [3.8, 4) is 33.6 Å². The van der Waals surface area contributed by atoms with Gasteiger partial charge in [0, 0.05) is 24.2 Å². The van der Waals surface area contributed by atoms with Gasteiger partial charge in [0.1, 0.15) is 23.7 Å². The Morgan fingerprint density at radius 3 is 1.57 bits per heavy atom. The maximum Gasteiger partial charge on any atom is 0.407 e. The van der Waals surface area contributed by atoms with Crippen molar-refractivity contribution in [2.75, 3.05) is 27.3 Å². The molecule has 2 bridgehead atoms. The number of aromatic amines is 2. The van der Waals surface area contributed by atoms with Gasteiger partial charge in [0.15, 0.2) is 0 Å². The lowest BCUT2D eigenvalue weighted by Gasteiger charge is -2.30. The molecule has 6 atom stereocenters. The molecular weight excluding hydrogens is 797 g/mol. The third-order valence-electron chi connectivity index (χ3n) is 14.0. The predicted octanol–water partition coefficient (Wildman–Crippen LogP) is 8.74. The number of hydrogen-bond donors (Lipinski definition) is 4. The van der Waals surface area contributed by atoms with E-state index >= 15 is 0 Å². The smallest absolute Gasteiger partial charge is 0.407 e. The van der Waals surface area contributed by atoms with Crippen molar-refractivity contribution in [1.29, 1.82) is 0 Å². The lowest BCUT2D eigenvalue weighted by molar-refractivity contribution is -0.136. The second kappa shape index (κ2) is 17.2. The van der Waals surface area contributed by atoms with Crippen LogP contribution in [0.5, 0.6) is 0 Å². The quantitative estimate of drug-likeness (QED) is 0.102. The number of benzene rings is 3. The summed E-state index contributed by atoms with van der Waals surface area (Å²) in [6, 6.07) is 15.7. The van der Waals surface area contributed by atoms with Crippen molar-refractivity contribution in [3.05, 3.63) is 83.7 Å². The lowest BCUT2D eigenvalue weighted by Crippen LogP contribution is -2.51. The van der Waals surface area contributed by atoms with Gasteiger partial charge in [-0.2, -0.15) is 0 Å². The molecule has 4 aliphatic rings. The average Bonchev–Trinajstić information content (AvgIpc) is 4.16. The van der Waals surface area contributed by atoms with E-state index in [1.165, 1.54) is 48.5 Å². The number of amides is 4. The van der Waals surface area contributed by atoms with E-state index in [0.717, 1.165) is 77.9 Å². The van der Waals surface area contributed by atoms with E-state index in [2.05, 4.69) is 69.1 Å². The summed E-state index contributed by atoms with van der Waals surface area (Å²) in [6.45, 7) is 8.87. The Morgan fingerprint density at radius 1 is 0.619 bits per heavy atom. The molecule has 1 saturated carbocycles. The first-order chi connectivity index (χ1) is 30.5. The van der Waals surface area contributed by atoms with Crippen LogP contribution in [-0.4, -0.2) is 93.1 Å². The van der Waals surface area contributed by atoms with E-state index in [1.54, 1.807) is 0 Å². The number of aromatic nitrogens is 4. The molecule has 4 amide bonds. The largest absolute Gasteiger partial charge is 0.453 e. The summed E-state index contributed by atoms with van der Waals surface area (Å²) in [7, 11) is 2.61. The molecule has 0 radical (unpaired) electrons. The molecule has 63 heavy (non-hydrogen) atoms. The summed E-state index contributed by atoms with van der Waals surface area (Å²) in [5, 5.41) is 7.75. The van der Waals surface area contributed by atoms with E-state index in [0.29, 0.717) is 24.9 Å². The molecule has 14 nitrogen and oxygen atoms in total. The Balaban J connectivity index is 1.01. The normalized spacial score (nSPS) is 21.3. The van der Waals surface area contributed by atoms with Crippen LogP contribution in [0.3, 0.4) is 0 Å². The molecule has 2 aromatic heterocycles. The highest BCUT2D eigenvalue weighted by Crippen LogP contribution is 2.58. The topological polar surface area (TPSA) is 175 Å². The van der Waals surface area contributed by atoms with Crippen molar-refractivity contribution in [1.82, 2.24) is 40.4 Å². The van der Waals surface area contributed by atoms with Crippen molar-refractivity contribution in [2.45, 2.75) is 109 Å². The van der Waals surface area contributed by atoms with Gasteiger partial charge in [-0.3, -0.25) is 9.59 Å². The van der Waals surface area contributed by atoms with Crippen molar-refractivity contribution in [3.63, 3.8) is 0 Å². The summed E-state index contributed by atoms with van der Waals surface area (Å²) in [6.07, 6.45) is 9.30. The van der Waals surface area contributed by atoms with Gasteiger partial charge in [-0.05, 0) is 102 Å². The van der Waals surface area contributed by atoms with Crippen LogP contribution in [0.2, 0.25) is 0 Å². The number of H-pyrrole nitrogens is 2. The second-order valence-electron chi connectivity index (χ2n) is 18.4. The van der Waals surface area contributed by atoms with Crippen LogP contribution in [0, 0.1) is 11.8 Å². The molecule has 6 unspecified atom stereocenters. The molecule has 2 aliphatic carbocycles. The molecule has 0 spiro atoms. The zero-order valence-electron chi connectivity index (χ0n) is 37.0. The van der Waals surface area contributed by atoms with Crippen LogP contribution in [0.25, 0.3) is 44.4 Å². The first-order valence-electron chi connectivity index (χ1n) is 22.6. The van der Waals surface area contributed by atoms with Crippen molar-refractivity contribution in [2.24, 2.45) is 11.8 Å². The van der Waals surface area contributed by atoms with Crippen molar-refractivity contribution < 1.29 is 28.7 Å². The van der Waals surface area contributed by atoms with Crippen LogP contribution >= 0.6 is 0 Å². The Hall–Kier alpha value is -6.18. The number of hydrogen-bond acceptors (Lipinski definition) is 8. The number of ether oxygens (including phenoxy) is 2. The highest BCUT2D eigenvalue weighted by molar-refractivity contribution is 6.05. The molecule has 3 fully saturated rings. The molecule has 5 aromatic rings. The number of nitrogens with zero attached hydrogens (tertiary/aromatic N) is 4. The zero-order valence-corrected chi connectivity index (χ0v) is 37.0. The van der Waals surface area contributed by atoms with Gasteiger partial charge >= 0.3 is 12.2 Å². The second-order valence-corrected chi connectivity index (χ2v) is 18.4. The fourth-order valence-electron chi connectivity index (χ4n) is 10.9.